The van der Waals surface area contributed by atoms with Crippen LogP contribution < -0.4 is 0 Å². The fourth-order valence-electron chi connectivity index (χ4n) is 2.61. The highest BCUT2D eigenvalue weighted by atomic mass is 32.1. The van der Waals surface area contributed by atoms with Crippen LogP contribution in [0.5, 0.6) is 0 Å². The summed E-state index contributed by atoms with van der Waals surface area (Å²) in [5.74, 6) is 0.605. The van der Waals surface area contributed by atoms with Gasteiger partial charge in [-0.3, -0.25) is 0 Å². The molecule has 0 saturated heterocycles. The second kappa shape index (κ2) is 4.82. The molecule has 1 aliphatic rings. The number of fused-ring (bicyclic) bond motifs is 1. The summed E-state index contributed by atoms with van der Waals surface area (Å²) in [6.07, 6.45) is 2.94. The minimum absolute atomic E-state index is 0.570. The first kappa shape index (κ1) is 11.9. The Morgan fingerprint density at radius 1 is 1.39 bits per heavy atom. The second-order valence-electron chi connectivity index (χ2n) is 4.82. The molecule has 3 rings (SSSR count). The van der Waals surface area contributed by atoms with Crippen LogP contribution in [0.1, 0.15) is 52.9 Å². The minimum atomic E-state index is -0.570. The van der Waals surface area contributed by atoms with E-state index in [0.29, 0.717) is 5.92 Å². The number of hydrogen-bond acceptors (Lipinski definition) is 3. The van der Waals surface area contributed by atoms with E-state index in [0.717, 1.165) is 23.4 Å². The van der Waals surface area contributed by atoms with Crippen LogP contribution in [0.4, 0.5) is 0 Å². The monoisotopic (exact) mass is 259 g/mol. The first-order valence-corrected chi connectivity index (χ1v) is 7.33. The number of benzene rings is 1. The molecule has 0 amide bonds. The lowest BCUT2D eigenvalue weighted by Crippen LogP contribution is -2.00. The van der Waals surface area contributed by atoms with E-state index in [1.165, 1.54) is 17.0 Å². The van der Waals surface area contributed by atoms with Crippen LogP contribution in [0.3, 0.4) is 0 Å². The summed E-state index contributed by atoms with van der Waals surface area (Å²) < 4.78 is 0. The Hall–Kier alpha value is -1.19. The van der Waals surface area contributed by atoms with Crippen LogP contribution in [0, 0.1) is 0 Å². The Balaban J connectivity index is 1.90. The molecule has 0 saturated carbocycles. The summed E-state index contributed by atoms with van der Waals surface area (Å²) in [4.78, 5) is 6.07. The zero-order valence-corrected chi connectivity index (χ0v) is 11.3. The van der Waals surface area contributed by atoms with Crippen molar-refractivity contribution in [1.29, 1.82) is 0 Å². The van der Waals surface area contributed by atoms with E-state index < -0.39 is 6.10 Å². The zero-order chi connectivity index (χ0) is 12.5. The van der Waals surface area contributed by atoms with Crippen molar-refractivity contribution < 1.29 is 5.11 Å². The van der Waals surface area contributed by atoms with Crippen molar-refractivity contribution in [3.05, 3.63) is 51.5 Å². The third kappa shape index (κ3) is 1.98. The largest absolute Gasteiger partial charge is 0.381 e. The molecule has 1 heterocycles. The van der Waals surface area contributed by atoms with Gasteiger partial charge in [-0.15, -0.1) is 11.3 Å². The first-order valence-electron chi connectivity index (χ1n) is 6.52. The average Bonchev–Trinajstić information content (AvgIpc) is 2.98. The number of rotatable bonds is 3. The lowest BCUT2D eigenvalue weighted by atomic mass is 10.0. The van der Waals surface area contributed by atoms with Gasteiger partial charge in [-0.2, -0.15) is 0 Å². The Kier molecular flexibility index (Phi) is 3.18. The Morgan fingerprint density at radius 2 is 2.17 bits per heavy atom. The average molecular weight is 259 g/mol. The summed E-state index contributed by atoms with van der Waals surface area (Å²) in [5.41, 5.74) is 2.17. The number of hydrogen-bond donors (Lipinski definition) is 1. The van der Waals surface area contributed by atoms with Crippen molar-refractivity contribution in [2.24, 2.45) is 0 Å². The molecule has 1 N–H and O–H groups in total. The standard InChI is InChI=1S/C15H17NOS/c1-2-10-8-9-12-13(10)16-15(18-12)14(17)11-6-4-3-5-7-11/h3-7,10,14,17H,2,8-9H2,1H3. The summed E-state index contributed by atoms with van der Waals surface area (Å²) in [6, 6.07) is 9.78. The molecule has 0 bridgehead atoms. The van der Waals surface area contributed by atoms with Gasteiger partial charge >= 0.3 is 0 Å². The lowest BCUT2D eigenvalue weighted by Gasteiger charge is -2.08. The van der Waals surface area contributed by atoms with E-state index in [2.05, 4.69) is 11.9 Å². The molecule has 1 aromatic carbocycles. The highest BCUT2D eigenvalue weighted by molar-refractivity contribution is 7.11. The second-order valence-corrected chi connectivity index (χ2v) is 5.93. The van der Waals surface area contributed by atoms with Gasteiger partial charge < -0.3 is 5.11 Å². The number of aliphatic hydroxyl groups is 1. The van der Waals surface area contributed by atoms with Crippen LogP contribution in [0.25, 0.3) is 0 Å². The quantitative estimate of drug-likeness (QED) is 0.912. The Bertz CT molecular complexity index is 535. The van der Waals surface area contributed by atoms with Crippen molar-refractivity contribution in [3.8, 4) is 0 Å². The molecule has 2 unspecified atom stereocenters. The summed E-state index contributed by atoms with van der Waals surface area (Å²) in [6.45, 7) is 2.21. The van der Waals surface area contributed by atoms with E-state index in [4.69, 9.17) is 0 Å². The third-order valence-corrected chi connectivity index (χ3v) is 4.88. The van der Waals surface area contributed by atoms with Gasteiger partial charge in [-0.1, -0.05) is 37.3 Å². The number of nitrogens with zero attached hydrogens (tertiary/aromatic N) is 1. The number of thiazole rings is 1. The van der Waals surface area contributed by atoms with Crippen molar-refractivity contribution in [2.45, 2.75) is 38.2 Å². The van der Waals surface area contributed by atoms with Gasteiger partial charge in [0, 0.05) is 10.8 Å². The topological polar surface area (TPSA) is 33.1 Å². The molecular weight excluding hydrogens is 242 g/mol. The molecule has 0 aliphatic heterocycles. The molecule has 2 atom stereocenters. The van der Waals surface area contributed by atoms with Crippen molar-refractivity contribution >= 4 is 11.3 Å². The van der Waals surface area contributed by atoms with E-state index >= 15 is 0 Å². The SMILES string of the molecule is CCC1CCc2sc(C(O)c3ccccc3)nc21. The van der Waals surface area contributed by atoms with Gasteiger partial charge in [0.25, 0.3) is 0 Å². The molecule has 0 spiro atoms. The van der Waals surface area contributed by atoms with Crippen molar-refractivity contribution in [1.82, 2.24) is 4.98 Å². The molecular formula is C15H17NOS. The molecule has 94 valence electrons. The Labute approximate surface area is 111 Å². The molecule has 0 fully saturated rings. The van der Waals surface area contributed by atoms with Crippen LogP contribution in [0.15, 0.2) is 30.3 Å². The normalized spacial score (nSPS) is 19.8. The van der Waals surface area contributed by atoms with Gasteiger partial charge in [-0.25, -0.2) is 4.98 Å². The first-order chi connectivity index (χ1) is 8.79. The van der Waals surface area contributed by atoms with Crippen molar-refractivity contribution in [3.63, 3.8) is 0 Å². The molecule has 18 heavy (non-hydrogen) atoms. The predicted molar refractivity (Wildman–Crippen MR) is 74.0 cm³/mol. The van der Waals surface area contributed by atoms with Crippen LogP contribution in [0.2, 0.25) is 0 Å². The number of aromatic nitrogens is 1. The Morgan fingerprint density at radius 3 is 2.89 bits per heavy atom. The molecule has 1 aromatic heterocycles. The maximum Gasteiger partial charge on any atom is 0.131 e. The lowest BCUT2D eigenvalue weighted by molar-refractivity contribution is 0.219. The summed E-state index contributed by atoms with van der Waals surface area (Å²) >= 11 is 1.68. The van der Waals surface area contributed by atoms with E-state index in [1.807, 2.05) is 30.3 Å². The summed E-state index contributed by atoms with van der Waals surface area (Å²) in [7, 11) is 0. The third-order valence-electron chi connectivity index (χ3n) is 3.69. The maximum atomic E-state index is 10.4. The van der Waals surface area contributed by atoms with E-state index in [1.54, 1.807) is 11.3 Å². The van der Waals surface area contributed by atoms with Gasteiger partial charge in [0.1, 0.15) is 11.1 Å². The van der Waals surface area contributed by atoms with Crippen molar-refractivity contribution in [2.75, 3.05) is 0 Å². The number of aliphatic hydroxyl groups excluding tert-OH is 1. The highest BCUT2D eigenvalue weighted by Gasteiger charge is 2.27. The number of aryl methyl sites for hydroxylation is 1. The van der Waals surface area contributed by atoms with Crippen LogP contribution in [-0.2, 0) is 6.42 Å². The van der Waals surface area contributed by atoms with Gasteiger partial charge in [0.05, 0.1) is 5.69 Å². The van der Waals surface area contributed by atoms with E-state index in [-0.39, 0.29) is 0 Å². The van der Waals surface area contributed by atoms with Crippen LogP contribution >= 0.6 is 11.3 Å². The molecule has 3 heteroatoms. The predicted octanol–water partition coefficient (Wildman–Crippen LogP) is 3.66. The van der Waals surface area contributed by atoms with Gasteiger partial charge in [0.15, 0.2) is 0 Å². The van der Waals surface area contributed by atoms with Crippen LogP contribution in [-0.4, -0.2) is 10.1 Å². The maximum absolute atomic E-state index is 10.4. The summed E-state index contributed by atoms with van der Waals surface area (Å²) in [5, 5.41) is 11.2. The fraction of sp³-hybridized carbons (Fsp3) is 0.400. The van der Waals surface area contributed by atoms with Gasteiger partial charge in [-0.05, 0) is 24.8 Å². The smallest absolute Gasteiger partial charge is 0.131 e. The molecule has 2 aromatic rings. The van der Waals surface area contributed by atoms with E-state index in [9.17, 15) is 5.11 Å². The zero-order valence-electron chi connectivity index (χ0n) is 10.5. The van der Waals surface area contributed by atoms with Gasteiger partial charge in [0.2, 0.25) is 0 Å². The molecule has 2 nitrogen and oxygen atoms in total. The highest BCUT2D eigenvalue weighted by Crippen LogP contribution is 2.40. The molecule has 1 aliphatic carbocycles. The fourth-order valence-corrected chi connectivity index (χ4v) is 3.80. The minimum Gasteiger partial charge on any atom is -0.381 e. The molecule has 0 radical (unpaired) electrons.